The van der Waals surface area contributed by atoms with Gasteiger partial charge in [-0.15, -0.1) is 0 Å². The minimum absolute atomic E-state index is 0.252. The van der Waals surface area contributed by atoms with Crippen molar-refractivity contribution in [3.05, 3.63) is 0 Å². The molecule has 1 fully saturated rings. The number of piperazine rings is 1. The topological polar surface area (TPSA) is 78.5 Å². The predicted octanol–water partition coefficient (Wildman–Crippen LogP) is -1.34. The van der Waals surface area contributed by atoms with E-state index in [0.29, 0.717) is 19.6 Å². The third kappa shape index (κ3) is 2.23. The molecular formula is C7H15N3O3S. The third-order valence-electron chi connectivity index (χ3n) is 2.08. The van der Waals surface area contributed by atoms with Crippen molar-refractivity contribution in [2.45, 2.75) is 19.9 Å². The SMILES string of the molecule is CCNS(=O)(=O)N1CCNC(=O)C1C. The molecule has 6 nitrogen and oxygen atoms in total. The van der Waals surface area contributed by atoms with Crippen LogP contribution < -0.4 is 10.0 Å². The van der Waals surface area contributed by atoms with Gasteiger partial charge < -0.3 is 5.32 Å². The van der Waals surface area contributed by atoms with Gasteiger partial charge in [0, 0.05) is 19.6 Å². The molecule has 1 unspecified atom stereocenters. The van der Waals surface area contributed by atoms with Crippen LogP contribution in [0.2, 0.25) is 0 Å². The fourth-order valence-corrected chi connectivity index (χ4v) is 2.73. The Morgan fingerprint density at radius 1 is 1.64 bits per heavy atom. The Morgan fingerprint density at radius 2 is 2.29 bits per heavy atom. The zero-order valence-corrected chi connectivity index (χ0v) is 9.10. The van der Waals surface area contributed by atoms with Crippen molar-refractivity contribution < 1.29 is 13.2 Å². The summed E-state index contributed by atoms with van der Waals surface area (Å²) in [6.07, 6.45) is 0. The summed E-state index contributed by atoms with van der Waals surface area (Å²) in [7, 11) is -3.49. The van der Waals surface area contributed by atoms with E-state index in [9.17, 15) is 13.2 Å². The van der Waals surface area contributed by atoms with Crippen molar-refractivity contribution in [2.24, 2.45) is 0 Å². The van der Waals surface area contributed by atoms with Crippen molar-refractivity contribution >= 4 is 16.1 Å². The van der Waals surface area contributed by atoms with E-state index in [1.165, 1.54) is 4.31 Å². The Kier molecular flexibility index (Phi) is 3.46. The molecule has 1 rings (SSSR count). The Morgan fingerprint density at radius 3 is 2.86 bits per heavy atom. The summed E-state index contributed by atoms with van der Waals surface area (Å²) in [6.45, 7) is 4.29. The molecule has 1 saturated heterocycles. The number of hydrogen-bond acceptors (Lipinski definition) is 3. The zero-order chi connectivity index (χ0) is 10.8. The Bertz CT molecular complexity index is 314. The molecule has 2 N–H and O–H groups in total. The molecule has 1 atom stereocenters. The molecule has 0 bridgehead atoms. The third-order valence-corrected chi connectivity index (χ3v) is 3.85. The highest BCUT2D eigenvalue weighted by Crippen LogP contribution is 2.08. The molecule has 0 aliphatic carbocycles. The second-order valence-corrected chi connectivity index (χ2v) is 4.79. The summed E-state index contributed by atoms with van der Waals surface area (Å²) in [5.74, 6) is -0.252. The van der Waals surface area contributed by atoms with E-state index >= 15 is 0 Å². The molecule has 1 amide bonds. The maximum Gasteiger partial charge on any atom is 0.280 e. The minimum atomic E-state index is -3.49. The van der Waals surface area contributed by atoms with E-state index in [1.807, 2.05) is 0 Å². The molecule has 0 aromatic rings. The number of hydrogen-bond donors (Lipinski definition) is 2. The smallest absolute Gasteiger partial charge is 0.280 e. The molecule has 0 aromatic carbocycles. The van der Waals surface area contributed by atoms with Gasteiger partial charge in [0.2, 0.25) is 5.91 Å². The van der Waals surface area contributed by atoms with Crippen molar-refractivity contribution in [2.75, 3.05) is 19.6 Å². The minimum Gasteiger partial charge on any atom is -0.353 e. The first kappa shape index (κ1) is 11.4. The molecular weight excluding hydrogens is 206 g/mol. The second kappa shape index (κ2) is 4.24. The molecule has 7 heteroatoms. The number of nitrogens with one attached hydrogen (secondary N) is 2. The van der Waals surface area contributed by atoms with Gasteiger partial charge in [-0.2, -0.15) is 12.7 Å². The molecule has 0 spiro atoms. The molecule has 14 heavy (non-hydrogen) atoms. The lowest BCUT2D eigenvalue weighted by Crippen LogP contribution is -2.58. The average Bonchev–Trinajstić information content (AvgIpc) is 2.09. The second-order valence-electron chi connectivity index (χ2n) is 3.08. The molecule has 1 heterocycles. The molecule has 0 radical (unpaired) electrons. The van der Waals surface area contributed by atoms with Gasteiger partial charge in [-0.25, -0.2) is 4.72 Å². The zero-order valence-electron chi connectivity index (χ0n) is 8.28. The summed E-state index contributed by atoms with van der Waals surface area (Å²) >= 11 is 0. The van der Waals surface area contributed by atoms with Crippen LogP contribution in [-0.2, 0) is 15.0 Å². The average molecular weight is 221 g/mol. The fraction of sp³-hybridized carbons (Fsp3) is 0.857. The Balaban J connectivity index is 2.81. The van der Waals surface area contributed by atoms with Gasteiger partial charge in [-0.05, 0) is 6.92 Å². The van der Waals surface area contributed by atoms with Gasteiger partial charge in [0.1, 0.15) is 6.04 Å². The first-order chi connectivity index (χ1) is 6.49. The van der Waals surface area contributed by atoms with Gasteiger partial charge in [-0.3, -0.25) is 4.79 Å². The maximum absolute atomic E-state index is 11.6. The highest BCUT2D eigenvalue weighted by atomic mass is 32.2. The molecule has 0 saturated carbocycles. The van der Waals surface area contributed by atoms with E-state index in [0.717, 1.165) is 0 Å². The van der Waals surface area contributed by atoms with Crippen LogP contribution in [0.25, 0.3) is 0 Å². The Labute approximate surface area is 83.8 Å². The van der Waals surface area contributed by atoms with Crippen LogP contribution in [0.5, 0.6) is 0 Å². The van der Waals surface area contributed by atoms with Crippen molar-refractivity contribution in [1.29, 1.82) is 0 Å². The number of nitrogens with zero attached hydrogens (tertiary/aromatic N) is 1. The highest BCUT2D eigenvalue weighted by molar-refractivity contribution is 7.87. The van der Waals surface area contributed by atoms with Crippen LogP contribution in [0.1, 0.15) is 13.8 Å². The van der Waals surface area contributed by atoms with E-state index in [4.69, 9.17) is 0 Å². The molecule has 1 aliphatic heterocycles. The summed E-state index contributed by atoms with van der Waals surface area (Å²) in [5, 5.41) is 2.60. The van der Waals surface area contributed by atoms with Crippen LogP contribution >= 0.6 is 0 Å². The summed E-state index contributed by atoms with van der Waals surface area (Å²) in [6, 6.07) is -0.632. The number of carbonyl (C=O) groups is 1. The number of carbonyl (C=O) groups excluding carboxylic acids is 1. The highest BCUT2D eigenvalue weighted by Gasteiger charge is 2.33. The quantitative estimate of drug-likeness (QED) is 0.619. The summed E-state index contributed by atoms with van der Waals surface area (Å²) in [5.41, 5.74) is 0. The van der Waals surface area contributed by atoms with E-state index < -0.39 is 16.3 Å². The van der Waals surface area contributed by atoms with Crippen molar-refractivity contribution in [3.8, 4) is 0 Å². The van der Waals surface area contributed by atoms with Crippen molar-refractivity contribution in [1.82, 2.24) is 14.3 Å². The van der Waals surface area contributed by atoms with Crippen LogP contribution in [0.3, 0.4) is 0 Å². The van der Waals surface area contributed by atoms with Gasteiger partial charge in [-0.1, -0.05) is 6.92 Å². The lowest BCUT2D eigenvalue weighted by Gasteiger charge is -2.31. The Hall–Kier alpha value is -0.660. The largest absolute Gasteiger partial charge is 0.353 e. The van der Waals surface area contributed by atoms with Crippen LogP contribution in [0.15, 0.2) is 0 Å². The van der Waals surface area contributed by atoms with Gasteiger partial charge in [0.25, 0.3) is 10.2 Å². The maximum atomic E-state index is 11.6. The van der Waals surface area contributed by atoms with Crippen LogP contribution in [-0.4, -0.2) is 44.3 Å². The van der Waals surface area contributed by atoms with Gasteiger partial charge in [0.15, 0.2) is 0 Å². The van der Waals surface area contributed by atoms with E-state index in [-0.39, 0.29) is 5.91 Å². The molecule has 82 valence electrons. The van der Waals surface area contributed by atoms with Gasteiger partial charge >= 0.3 is 0 Å². The normalized spacial score (nSPS) is 24.7. The first-order valence-corrected chi connectivity index (χ1v) is 5.97. The molecule has 0 aromatic heterocycles. The number of amides is 1. The lowest BCUT2D eigenvalue weighted by molar-refractivity contribution is -0.126. The van der Waals surface area contributed by atoms with E-state index in [1.54, 1.807) is 13.8 Å². The standard InChI is InChI=1S/C7H15N3O3S/c1-3-9-14(12,13)10-5-4-8-7(11)6(10)2/h6,9H,3-5H2,1-2H3,(H,8,11). The first-order valence-electron chi connectivity index (χ1n) is 4.53. The fourth-order valence-electron chi connectivity index (χ4n) is 1.36. The van der Waals surface area contributed by atoms with Crippen LogP contribution in [0.4, 0.5) is 0 Å². The molecule has 1 aliphatic rings. The van der Waals surface area contributed by atoms with Gasteiger partial charge in [0.05, 0.1) is 0 Å². The monoisotopic (exact) mass is 221 g/mol. The van der Waals surface area contributed by atoms with Crippen molar-refractivity contribution in [3.63, 3.8) is 0 Å². The van der Waals surface area contributed by atoms with Crippen LogP contribution in [0, 0.1) is 0 Å². The predicted molar refractivity (Wildman–Crippen MR) is 51.8 cm³/mol. The van der Waals surface area contributed by atoms with E-state index in [2.05, 4.69) is 10.0 Å². The lowest BCUT2D eigenvalue weighted by atomic mass is 10.2. The number of rotatable bonds is 3. The summed E-state index contributed by atoms with van der Waals surface area (Å²) < 4.78 is 26.7. The summed E-state index contributed by atoms with van der Waals surface area (Å²) in [4.78, 5) is 11.2.